The predicted molar refractivity (Wildman–Crippen MR) is 89.6 cm³/mol. The van der Waals surface area contributed by atoms with Crippen molar-refractivity contribution in [2.75, 3.05) is 18.4 Å². The average molecular weight is 422 g/mol. The number of benzene rings is 1. The van der Waals surface area contributed by atoms with Crippen LogP contribution in [0.25, 0.3) is 0 Å². The molecular formula is C14H18Br2N2O3. The summed E-state index contributed by atoms with van der Waals surface area (Å²) in [5.74, 6) is -0.854. The number of anilines is 1. The zero-order chi connectivity index (χ0) is 16.2. The Morgan fingerprint density at radius 2 is 1.81 bits per heavy atom. The third-order valence-electron chi connectivity index (χ3n) is 2.62. The molecular weight excluding hydrogens is 404 g/mol. The fourth-order valence-corrected chi connectivity index (χ4v) is 3.44. The maximum atomic E-state index is 12.3. The van der Waals surface area contributed by atoms with Gasteiger partial charge < -0.3 is 15.3 Å². The van der Waals surface area contributed by atoms with Crippen molar-refractivity contribution in [3.63, 3.8) is 0 Å². The molecule has 0 aromatic heterocycles. The molecule has 0 radical (unpaired) electrons. The highest BCUT2D eigenvalue weighted by Crippen LogP contribution is 2.32. The van der Waals surface area contributed by atoms with Gasteiger partial charge in [-0.3, -0.25) is 4.79 Å². The number of halogens is 2. The second-order valence-electron chi connectivity index (χ2n) is 5.20. The Labute approximate surface area is 141 Å². The molecule has 0 aliphatic rings. The Balaban J connectivity index is 2.93. The third kappa shape index (κ3) is 5.67. The number of nitrogens with one attached hydrogen (secondary N) is 1. The molecule has 0 atom stereocenters. The number of hydrogen-bond acceptors (Lipinski definition) is 2. The van der Waals surface area contributed by atoms with Crippen LogP contribution in [0.15, 0.2) is 21.1 Å². The fraction of sp³-hybridized carbons (Fsp3) is 0.429. The number of carbonyl (C=O) groups is 2. The number of amides is 2. The van der Waals surface area contributed by atoms with Gasteiger partial charge in [0.05, 0.1) is 5.69 Å². The van der Waals surface area contributed by atoms with Crippen LogP contribution in [0.4, 0.5) is 10.5 Å². The molecule has 0 fully saturated rings. The van der Waals surface area contributed by atoms with Crippen LogP contribution in [0.3, 0.4) is 0 Å². The molecule has 2 amide bonds. The molecule has 1 rings (SSSR count). The molecule has 0 spiro atoms. The van der Waals surface area contributed by atoms with E-state index < -0.39 is 12.0 Å². The second-order valence-corrected chi connectivity index (χ2v) is 6.91. The zero-order valence-electron chi connectivity index (χ0n) is 12.1. The van der Waals surface area contributed by atoms with E-state index in [-0.39, 0.29) is 12.5 Å². The summed E-state index contributed by atoms with van der Waals surface area (Å²) in [6.07, 6.45) is 0. The molecule has 5 nitrogen and oxygen atoms in total. The number of carboxylic acids is 1. The number of carboxylic acid groups (broad SMARTS) is 1. The summed E-state index contributed by atoms with van der Waals surface area (Å²) >= 11 is 6.80. The van der Waals surface area contributed by atoms with Gasteiger partial charge >= 0.3 is 12.0 Å². The normalized spacial score (nSPS) is 10.6. The molecule has 1 aromatic carbocycles. The molecule has 0 unspecified atom stereocenters. The molecule has 21 heavy (non-hydrogen) atoms. The van der Waals surface area contributed by atoms with E-state index in [0.717, 1.165) is 14.5 Å². The van der Waals surface area contributed by atoms with Crippen molar-refractivity contribution in [2.45, 2.75) is 20.8 Å². The molecule has 7 heteroatoms. The number of rotatable bonds is 5. The maximum Gasteiger partial charge on any atom is 0.323 e. The summed E-state index contributed by atoms with van der Waals surface area (Å²) in [5.41, 5.74) is 1.63. The molecule has 0 aliphatic heterocycles. The van der Waals surface area contributed by atoms with Gasteiger partial charge in [0.1, 0.15) is 6.54 Å². The number of aryl methyl sites for hydroxylation is 1. The van der Waals surface area contributed by atoms with E-state index in [1.165, 1.54) is 4.90 Å². The quantitative estimate of drug-likeness (QED) is 0.751. The van der Waals surface area contributed by atoms with E-state index in [0.29, 0.717) is 12.2 Å². The van der Waals surface area contributed by atoms with Gasteiger partial charge in [-0.05, 0) is 62.4 Å². The van der Waals surface area contributed by atoms with Gasteiger partial charge in [-0.15, -0.1) is 0 Å². The van der Waals surface area contributed by atoms with Crippen molar-refractivity contribution in [3.8, 4) is 0 Å². The molecule has 0 aliphatic carbocycles. The second kappa shape index (κ2) is 7.79. The van der Waals surface area contributed by atoms with Crippen molar-refractivity contribution in [1.29, 1.82) is 0 Å². The molecule has 1 aromatic rings. The minimum absolute atomic E-state index is 0.181. The van der Waals surface area contributed by atoms with Gasteiger partial charge in [-0.1, -0.05) is 13.8 Å². The molecule has 116 valence electrons. The summed E-state index contributed by atoms with van der Waals surface area (Å²) in [6.45, 7) is 5.85. The maximum absolute atomic E-state index is 12.3. The minimum Gasteiger partial charge on any atom is -0.480 e. The SMILES string of the molecule is Cc1cc(Br)c(NC(=O)N(CC(=O)O)CC(C)C)c(Br)c1. The predicted octanol–water partition coefficient (Wildman–Crippen LogP) is 4.09. The van der Waals surface area contributed by atoms with E-state index in [9.17, 15) is 9.59 Å². The van der Waals surface area contributed by atoms with Gasteiger partial charge in [-0.2, -0.15) is 0 Å². The topological polar surface area (TPSA) is 69.6 Å². The Kier molecular flexibility index (Phi) is 6.67. The van der Waals surface area contributed by atoms with Crippen LogP contribution in [0.1, 0.15) is 19.4 Å². The number of aliphatic carboxylic acids is 1. The van der Waals surface area contributed by atoms with Crippen LogP contribution in [0, 0.1) is 12.8 Å². The monoisotopic (exact) mass is 420 g/mol. The third-order valence-corrected chi connectivity index (χ3v) is 3.87. The lowest BCUT2D eigenvalue weighted by Crippen LogP contribution is -2.41. The highest BCUT2D eigenvalue weighted by atomic mass is 79.9. The van der Waals surface area contributed by atoms with E-state index in [1.807, 2.05) is 32.9 Å². The lowest BCUT2D eigenvalue weighted by Gasteiger charge is -2.23. The van der Waals surface area contributed by atoms with Gasteiger partial charge in [0.15, 0.2) is 0 Å². The van der Waals surface area contributed by atoms with Crippen molar-refractivity contribution in [3.05, 3.63) is 26.6 Å². The average Bonchev–Trinajstić information content (AvgIpc) is 2.31. The van der Waals surface area contributed by atoms with Gasteiger partial charge in [0, 0.05) is 15.5 Å². The lowest BCUT2D eigenvalue weighted by atomic mass is 10.2. The van der Waals surface area contributed by atoms with Crippen molar-refractivity contribution in [1.82, 2.24) is 4.90 Å². The first-order chi connectivity index (χ1) is 9.70. The Bertz CT molecular complexity index is 524. The summed E-state index contributed by atoms with van der Waals surface area (Å²) in [4.78, 5) is 24.5. The first-order valence-electron chi connectivity index (χ1n) is 6.44. The molecule has 0 bridgehead atoms. The van der Waals surface area contributed by atoms with E-state index >= 15 is 0 Å². The molecule has 2 N–H and O–H groups in total. The summed E-state index contributed by atoms with van der Waals surface area (Å²) in [7, 11) is 0. The highest BCUT2D eigenvalue weighted by Gasteiger charge is 2.19. The molecule has 0 saturated heterocycles. The lowest BCUT2D eigenvalue weighted by molar-refractivity contribution is -0.137. The van der Waals surface area contributed by atoms with Crippen LogP contribution in [-0.4, -0.2) is 35.1 Å². The van der Waals surface area contributed by atoms with E-state index in [2.05, 4.69) is 37.2 Å². The number of urea groups is 1. The van der Waals surface area contributed by atoms with Gasteiger partial charge in [-0.25, -0.2) is 4.79 Å². The van der Waals surface area contributed by atoms with Crippen LogP contribution < -0.4 is 5.32 Å². The fourth-order valence-electron chi connectivity index (χ4n) is 1.83. The number of hydrogen-bond donors (Lipinski definition) is 2. The number of carbonyl (C=O) groups excluding carboxylic acids is 1. The summed E-state index contributed by atoms with van der Waals surface area (Å²) < 4.78 is 1.48. The smallest absolute Gasteiger partial charge is 0.323 e. The Hall–Kier alpha value is -1.08. The first-order valence-corrected chi connectivity index (χ1v) is 8.02. The minimum atomic E-state index is -1.03. The zero-order valence-corrected chi connectivity index (χ0v) is 15.3. The standard InChI is InChI=1S/C14H18Br2N2O3/c1-8(2)6-18(7-12(19)20)14(21)17-13-10(15)4-9(3)5-11(13)16/h4-5,8H,6-7H2,1-3H3,(H,17,21)(H,19,20). The summed E-state index contributed by atoms with van der Waals surface area (Å²) in [6, 6.07) is 3.32. The van der Waals surface area contributed by atoms with Crippen LogP contribution in [-0.2, 0) is 4.79 Å². The van der Waals surface area contributed by atoms with Crippen LogP contribution in [0.2, 0.25) is 0 Å². The number of nitrogens with zero attached hydrogens (tertiary/aromatic N) is 1. The Morgan fingerprint density at radius 3 is 2.24 bits per heavy atom. The largest absolute Gasteiger partial charge is 0.480 e. The van der Waals surface area contributed by atoms with Crippen molar-refractivity contribution < 1.29 is 14.7 Å². The van der Waals surface area contributed by atoms with Crippen molar-refractivity contribution >= 4 is 49.5 Å². The van der Waals surface area contributed by atoms with Gasteiger partial charge in [0.25, 0.3) is 0 Å². The van der Waals surface area contributed by atoms with Gasteiger partial charge in [0.2, 0.25) is 0 Å². The molecule has 0 heterocycles. The van der Waals surface area contributed by atoms with E-state index in [1.54, 1.807) is 0 Å². The van der Waals surface area contributed by atoms with Crippen molar-refractivity contribution in [2.24, 2.45) is 5.92 Å². The highest BCUT2D eigenvalue weighted by molar-refractivity contribution is 9.11. The van der Waals surface area contributed by atoms with Crippen LogP contribution in [0.5, 0.6) is 0 Å². The Morgan fingerprint density at radius 1 is 1.29 bits per heavy atom. The van der Waals surface area contributed by atoms with Crippen LogP contribution >= 0.6 is 31.9 Å². The molecule has 0 saturated carbocycles. The summed E-state index contributed by atoms with van der Waals surface area (Å²) in [5, 5.41) is 11.7. The van der Waals surface area contributed by atoms with E-state index in [4.69, 9.17) is 5.11 Å². The first kappa shape index (κ1) is 18.0.